The van der Waals surface area contributed by atoms with Crippen LogP contribution in [0.25, 0.3) is 21.8 Å². The van der Waals surface area contributed by atoms with Crippen LogP contribution in [0.15, 0.2) is 71.9 Å². The first kappa shape index (κ1) is 27.1. The van der Waals surface area contributed by atoms with Crippen LogP contribution in [0.2, 0.25) is 0 Å². The first-order chi connectivity index (χ1) is 18.7. The molecule has 1 unspecified atom stereocenters. The van der Waals surface area contributed by atoms with E-state index in [0.717, 1.165) is 0 Å². The molecular formula is C28H25N3O8. The summed E-state index contributed by atoms with van der Waals surface area (Å²) in [4.78, 5) is 53.4. The van der Waals surface area contributed by atoms with E-state index in [9.17, 15) is 24.5 Å². The third kappa shape index (κ3) is 5.99. The number of aromatic nitrogens is 1. The van der Waals surface area contributed by atoms with E-state index in [0.29, 0.717) is 27.4 Å². The monoisotopic (exact) mass is 531 g/mol. The topological polar surface area (TPSA) is 139 Å². The van der Waals surface area contributed by atoms with Crippen molar-refractivity contribution in [3.8, 4) is 0 Å². The quantitative estimate of drug-likeness (QED) is 0.0731. The minimum absolute atomic E-state index is 0.0874. The molecule has 11 nitrogen and oxygen atoms in total. The molecule has 0 aliphatic heterocycles. The zero-order valence-electron chi connectivity index (χ0n) is 21.5. The van der Waals surface area contributed by atoms with E-state index in [2.05, 4.69) is 5.16 Å². The summed E-state index contributed by atoms with van der Waals surface area (Å²) in [6.45, 7) is 2.94. The normalized spacial score (nSPS) is 12.3. The summed E-state index contributed by atoms with van der Waals surface area (Å²) in [5, 5.41) is 16.3. The molecule has 0 radical (unpaired) electrons. The Hall–Kier alpha value is -4.90. The first-order valence-electron chi connectivity index (χ1n) is 11.9. The third-order valence-electron chi connectivity index (χ3n) is 5.87. The molecule has 39 heavy (non-hydrogen) atoms. The number of carbonyl (C=O) groups is 3. The Bertz CT molecular complexity index is 1610. The Balaban J connectivity index is 1.83. The maximum absolute atomic E-state index is 13.6. The lowest BCUT2D eigenvalue weighted by molar-refractivity contribution is -0.384. The highest BCUT2D eigenvalue weighted by Gasteiger charge is 2.22. The fourth-order valence-electron chi connectivity index (χ4n) is 4.24. The number of methoxy groups -OCH3 is 1. The van der Waals surface area contributed by atoms with Crippen molar-refractivity contribution in [1.82, 2.24) is 4.57 Å². The van der Waals surface area contributed by atoms with E-state index >= 15 is 0 Å². The van der Waals surface area contributed by atoms with E-state index in [-0.39, 0.29) is 30.1 Å². The van der Waals surface area contributed by atoms with E-state index in [1.165, 1.54) is 26.2 Å². The maximum Gasteiger partial charge on any atom is 0.332 e. The first-order valence-corrected chi connectivity index (χ1v) is 11.9. The van der Waals surface area contributed by atoms with Crippen LogP contribution in [0.1, 0.15) is 29.8 Å². The predicted molar refractivity (Wildman–Crippen MR) is 143 cm³/mol. The maximum atomic E-state index is 13.6. The minimum atomic E-state index is -0.686. The molecule has 1 heterocycles. The Kier molecular flexibility index (Phi) is 8.11. The van der Waals surface area contributed by atoms with Crippen LogP contribution in [0.3, 0.4) is 0 Å². The Morgan fingerprint density at radius 3 is 2.28 bits per heavy atom. The van der Waals surface area contributed by atoms with Gasteiger partial charge >= 0.3 is 11.9 Å². The number of hydrogen-bond donors (Lipinski definition) is 0. The number of hydrogen-bond acceptors (Lipinski definition) is 9. The molecular weight excluding hydrogens is 506 g/mol. The molecule has 0 bridgehead atoms. The summed E-state index contributed by atoms with van der Waals surface area (Å²) < 4.78 is 12.1. The van der Waals surface area contributed by atoms with Gasteiger partial charge in [0.15, 0.2) is 5.71 Å². The number of fused-ring (bicyclic) bond motifs is 3. The summed E-state index contributed by atoms with van der Waals surface area (Å²) in [6.07, 6.45) is -0.464. The second-order valence-corrected chi connectivity index (χ2v) is 8.75. The van der Waals surface area contributed by atoms with Gasteiger partial charge in [-0.25, -0.2) is 4.79 Å². The van der Waals surface area contributed by atoms with E-state index in [4.69, 9.17) is 14.3 Å². The third-order valence-corrected chi connectivity index (χ3v) is 5.87. The van der Waals surface area contributed by atoms with E-state index in [1.54, 1.807) is 66.1 Å². The molecule has 0 N–H and O–H groups in total. The van der Waals surface area contributed by atoms with Gasteiger partial charge in [-0.2, -0.15) is 0 Å². The number of non-ortho nitro benzene ring substituents is 1. The summed E-state index contributed by atoms with van der Waals surface area (Å²) in [7, 11) is 1.50. The number of nitrogens with zero attached hydrogens (tertiary/aromatic N) is 3. The highest BCUT2D eigenvalue weighted by Crippen LogP contribution is 2.33. The lowest BCUT2D eigenvalue weighted by atomic mass is 9.99. The van der Waals surface area contributed by atoms with Crippen LogP contribution < -0.4 is 0 Å². The van der Waals surface area contributed by atoms with Crippen molar-refractivity contribution in [2.45, 2.75) is 26.5 Å². The number of benzene rings is 3. The summed E-state index contributed by atoms with van der Waals surface area (Å²) in [5.74, 6) is -1.73. The summed E-state index contributed by atoms with van der Waals surface area (Å²) in [5.41, 5.74) is 1.53. The molecule has 0 spiro atoms. The van der Waals surface area contributed by atoms with Crippen LogP contribution in [0.4, 0.5) is 5.69 Å². The number of carbonyl (C=O) groups excluding carboxylic acids is 3. The van der Waals surface area contributed by atoms with Gasteiger partial charge in [0.25, 0.3) is 5.69 Å². The smallest absolute Gasteiger partial charge is 0.332 e. The molecule has 0 aliphatic rings. The highest BCUT2D eigenvalue weighted by atomic mass is 16.7. The van der Waals surface area contributed by atoms with Crippen molar-refractivity contribution in [3.63, 3.8) is 0 Å². The summed E-state index contributed by atoms with van der Waals surface area (Å²) in [6, 6.07) is 17.6. The molecule has 0 saturated heterocycles. The number of esters is 1. The van der Waals surface area contributed by atoms with E-state index in [1.807, 2.05) is 0 Å². The molecule has 0 fully saturated rings. The van der Waals surface area contributed by atoms with Gasteiger partial charge in [0.1, 0.15) is 12.6 Å². The van der Waals surface area contributed by atoms with Crippen molar-refractivity contribution in [2.75, 3.05) is 13.7 Å². The molecule has 1 atom stereocenters. The van der Waals surface area contributed by atoms with Gasteiger partial charge in [-0.3, -0.25) is 19.7 Å². The number of nitro groups is 1. The van der Waals surface area contributed by atoms with Crippen molar-refractivity contribution in [1.29, 1.82) is 0 Å². The molecule has 0 saturated carbocycles. The van der Waals surface area contributed by atoms with Gasteiger partial charge in [0.05, 0.1) is 17.0 Å². The minimum Gasteiger partial charge on any atom is -0.459 e. The fourth-order valence-corrected chi connectivity index (χ4v) is 4.24. The van der Waals surface area contributed by atoms with Gasteiger partial charge < -0.3 is 18.9 Å². The van der Waals surface area contributed by atoms with Gasteiger partial charge in [-0.1, -0.05) is 35.5 Å². The van der Waals surface area contributed by atoms with Crippen molar-refractivity contribution in [3.05, 3.63) is 88.0 Å². The number of Topliss-reactive ketones (excluding diaryl/α,β-unsaturated/α-hetero) is 1. The predicted octanol–water partition coefficient (Wildman–Crippen LogP) is 4.43. The lowest BCUT2D eigenvalue weighted by Crippen LogP contribution is -2.22. The standard InChI is InChI=1S/C28H25N3O8/c1-17(16-37-3)38-26(33)15-30-24-11-9-20(13-22(24)23-14-21(31(35)36)10-12-25(23)30)28(34)27(29-39-18(2)32)19-7-5-4-6-8-19/h4-14,17H,15-16H2,1-3H3/b29-27+. The molecule has 4 aromatic rings. The average Bonchev–Trinajstić information content (AvgIpc) is 3.21. The Morgan fingerprint density at radius 1 is 0.974 bits per heavy atom. The molecule has 4 rings (SSSR count). The second-order valence-electron chi connectivity index (χ2n) is 8.75. The van der Waals surface area contributed by atoms with Gasteiger partial charge in [-0.15, -0.1) is 0 Å². The summed E-state index contributed by atoms with van der Waals surface area (Å²) >= 11 is 0. The lowest BCUT2D eigenvalue weighted by Gasteiger charge is -2.13. The number of oxime groups is 1. The number of ketones is 1. The molecule has 0 aliphatic carbocycles. The highest BCUT2D eigenvalue weighted by molar-refractivity contribution is 6.51. The fraction of sp³-hybridized carbons (Fsp3) is 0.214. The molecule has 200 valence electrons. The number of ether oxygens (including phenoxy) is 2. The zero-order chi connectivity index (χ0) is 28.1. The molecule has 11 heteroatoms. The SMILES string of the molecule is COCC(C)OC(=O)Cn1c2ccc(C(=O)/C(=N/OC(C)=O)c3ccccc3)cc2c2cc([N+](=O)[O-])ccc21. The Morgan fingerprint density at radius 2 is 1.64 bits per heavy atom. The molecule has 3 aromatic carbocycles. The molecule has 0 amide bonds. The average molecular weight is 532 g/mol. The van der Waals surface area contributed by atoms with Gasteiger partial charge in [0.2, 0.25) is 5.78 Å². The number of nitro benzene ring substituents is 1. The van der Waals surface area contributed by atoms with Crippen LogP contribution in [0.5, 0.6) is 0 Å². The van der Waals surface area contributed by atoms with Gasteiger partial charge in [-0.05, 0) is 31.2 Å². The largest absolute Gasteiger partial charge is 0.459 e. The Labute approximate surface area is 222 Å². The van der Waals surface area contributed by atoms with Crippen LogP contribution in [0, 0.1) is 10.1 Å². The zero-order valence-corrected chi connectivity index (χ0v) is 21.5. The molecule has 1 aromatic heterocycles. The van der Waals surface area contributed by atoms with Crippen molar-refractivity contribution < 1.29 is 33.6 Å². The van der Waals surface area contributed by atoms with Crippen molar-refractivity contribution >= 4 is 50.9 Å². The van der Waals surface area contributed by atoms with Gasteiger partial charge in [0, 0.05) is 53.6 Å². The van der Waals surface area contributed by atoms with Crippen LogP contribution in [-0.4, -0.2) is 52.7 Å². The van der Waals surface area contributed by atoms with Crippen LogP contribution >= 0.6 is 0 Å². The number of rotatable bonds is 10. The van der Waals surface area contributed by atoms with Crippen LogP contribution in [-0.2, 0) is 30.4 Å². The van der Waals surface area contributed by atoms with E-state index < -0.39 is 28.7 Å². The second kappa shape index (κ2) is 11.7. The van der Waals surface area contributed by atoms with Crippen molar-refractivity contribution in [2.24, 2.45) is 5.16 Å².